The van der Waals surface area contributed by atoms with Gasteiger partial charge in [0.25, 0.3) is 0 Å². The number of benzene rings is 1. The highest BCUT2D eigenvalue weighted by molar-refractivity contribution is 5.85. The first-order valence-electron chi connectivity index (χ1n) is 9.28. The fourth-order valence-electron chi connectivity index (χ4n) is 3.42. The van der Waals surface area contributed by atoms with Crippen LogP contribution in [-0.2, 0) is 6.54 Å². The van der Waals surface area contributed by atoms with Crippen molar-refractivity contribution in [3.63, 3.8) is 0 Å². The van der Waals surface area contributed by atoms with Crippen LogP contribution >= 0.6 is 0 Å². The summed E-state index contributed by atoms with van der Waals surface area (Å²) in [5.74, 6) is 0. The molecule has 26 heavy (non-hydrogen) atoms. The standard InChI is InChI=1S/C20H29N5O/c1-16(25-11-9-23(2)10-12-25)13-22-20(26)24(3)15-18-6-4-5-17-14-21-8-7-19(17)18/h4-8,14,16H,9-13,15H2,1-3H3,(H,22,26)/t16-/m0/s1. The van der Waals surface area contributed by atoms with Crippen molar-refractivity contribution in [2.45, 2.75) is 19.5 Å². The van der Waals surface area contributed by atoms with Gasteiger partial charge in [-0.2, -0.15) is 0 Å². The van der Waals surface area contributed by atoms with Crippen LogP contribution in [0.3, 0.4) is 0 Å². The minimum atomic E-state index is -0.0305. The average Bonchev–Trinajstić information content (AvgIpc) is 2.66. The minimum absolute atomic E-state index is 0.0305. The molecule has 1 aromatic heterocycles. The molecule has 2 aromatic rings. The molecule has 0 aliphatic carbocycles. The highest BCUT2D eigenvalue weighted by Gasteiger charge is 2.20. The van der Waals surface area contributed by atoms with Gasteiger partial charge >= 0.3 is 6.03 Å². The number of amides is 2. The van der Waals surface area contributed by atoms with E-state index in [9.17, 15) is 4.79 Å². The number of nitrogens with zero attached hydrogens (tertiary/aromatic N) is 4. The zero-order valence-electron chi connectivity index (χ0n) is 16.0. The Balaban J connectivity index is 1.53. The van der Waals surface area contributed by atoms with Gasteiger partial charge in [0.05, 0.1) is 0 Å². The SMILES string of the molecule is C[C@@H](CNC(=O)N(C)Cc1cccc2cnccc12)N1CCN(C)CC1. The number of urea groups is 1. The van der Waals surface area contributed by atoms with Crippen LogP contribution in [0.2, 0.25) is 0 Å². The summed E-state index contributed by atoms with van der Waals surface area (Å²) in [6, 6.07) is 8.45. The molecule has 1 saturated heterocycles. The van der Waals surface area contributed by atoms with E-state index in [1.54, 1.807) is 11.1 Å². The maximum atomic E-state index is 12.5. The summed E-state index contributed by atoms with van der Waals surface area (Å²) < 4.78 is 0. The summed E-state index contributed by atoms with van der Waals surface area (Å²) in [6.45, 7) is 7.74. The van der Waals surface area contributed by atoms with Crippen molar-refractivity contribution < 1.29 is 4.79 Å². The largest absolute Gasteiger partial charge is 0.336 e. The minimum Gasteiger partial charge on any atom is -0.336 e. The van der Waals surface area contributed by atoms with E-state index in [1.165, 1.54) is 0 Å². The van der Waals surface area contributed by atoms with E-state index in [0.717, 1.165) is 42.5 Å². The van der Waals surface area contributed by atoms with Crippen LogP contribution in [0.15, 0.2) is 36.7 Å². The number of rotatable bonds is 5. The number of hydrogen-bond acceptors (Lipinski definition) is 4. The van der Waals surface area contributed by atoms with Crippen molar-refractivity contribution in [3.05, 3.63) is 42.2 Å². The number of piperazine rings is 1. The molecule has 2 heterocycles. The molecule has 1 aliphatic rings. The predicted octanol–water partition coefficient (Wildman–Crippen LogP) is 2.01. The molecule has 6 nitrogen and oxygen atoms in total. The molecule has 0 bridgehead atoms. The molecule has 1 atom stereocenters. The number of likely N-dealkylation sites (N-methyl/N-ethyl adjacent to an activating group) is 1. The van der Waals surface area contributed by atoms with E-state index in [0.29, 0.717) is 19.1 Å². The molecule has 1 N–H and O–H groups in total. The molecular weight excluding hydrogens is 326 g/mol. The fraction of sp³-hybridized carbons (Fsp3) is 0.500. The van der Waals surface area contributed by atoms with Crippen LogP contribution in [0.4, 0.5) is 4.79 Å². The molecule has 140 valence electrons. The summed E-state index contributed by atoms with van der Waals surface area (Å²) in [5, 5.41) is 5.32. The van der Waals surface area contributed by atoms with Gasteiger partial charge in [0.2, 0.25) is 0 Å². The van der Waals surface area contributed by atoms with E-state index in [1.807, 2.05) is 31.4 Å². The molecule has 2 amide bonds. The molecule has 0 unspecified atom stereocenters. The quantitative estimate of drug-likeness (QED) is 0.891. The molecule has 0 spiro atoms. The lowest BCUT2D eigenvalue weighted by Gasteiger charge is -2.36. The van der Waals surface area contributed by atoms with Crippen LogP contribution in [0.1, 0.15) is 12.5 Å². The number of pyridine rings is 1. The number of hydrogen-bond donors (Lipinski definition) is 1. The van der Waals surface area contributed by atoms with Gasteiger partial charge in [-0.3, -0.25) is 9.88 Å². The third kappa shape index (κ3) is 4.51. The molecule has 0 saturated carbocycles. The van der Waals surface area contributed by atoms with Gasteiger partial charge in [-0.25, -0.2) is 4.79 Å². The number of aromatic nitrogens is 1. The number of fused-ring (bicyclic) bond motifs is 1. The molecule has 1 aliphatic heterocycles. The summed E-state index contributed by atoms with van der Waals surface area (Å²) >= 11 is 0. The van der Waals surface area contributed by atoms with Gasteiger partial charge in [0, 0.05) is 70.1 Å². The average molecular weight is 355 g/mol. The van der Waals surface area contributed by atoms with Crippen molar-refractivity contribution in [2.75, 3.05) is 46.8 Å². The van der Waals surface area contributed by atoms with Crippen LogP contribution in [-0.4, -0.2) is 78.6 Å². The third-order valence-electron chi connectivity index (χ3n) is 5.24. The van der Waals surface area contributed by atoms with E-state index in [2.05, 4.69) is 40.1 Å². The smallest absolute Gasteiger partial charge is 0.317 e. The Bertz CT molecular complexity index is 737. The van der Waals surface area contributed by atoms with Gasteiger partial charge in [0.1, 0.15) is 0 Å². The van der Waals surface area contributed by atoms with Crippen molar-refractivity contribution in [1.29, 1.82) is 0 Å². The highest BCUT2D eigenvalue weighted by atomic mass is 16.2. The Morgan fingerprint density at radius 3 is 2.81 bits per heavy atom. The van der Waals surface area contributed by atoms with Crippen molar-refractivity contribution in [2.24, 2.45) is 0 Å². The molecule has 0 radical (unpaired) electrons. The Labute approximate surface area is 155 Å². The first kappa shape index (κ1) is 18.6. The fourth-order valence-corrected chi connectivity index (χ4v) is 3.42. The van der Waals surface area contributed by atoms with Crippen LogP contribution in [0.5, 0.6) is 0 Å². The maximum absolute atomic E-state index is 12.5. The van der Waals surface area contributed by atoms with Crippen molar-refractivity contribution >= 4 is 16.8 Å². The predicted molar refractivity (Wildman–Crippen MR) is 105 cm³/mol. The molecule has 6 heteroatoms. The monoisotopic (exact) mass is 355 g/mol. The van der Waals surface area contributed by atoms with E-state index in [4.69, 9.17) is 0 Å². The second-order valence-electron chi connectivity index (χ2n) is 7.24. The highest BCUT2D eigenvalue weighted by Crippen LogP contribution is 2.18. The Hall–Kier alpha value is -2.18. The van der Waals surface area contributed by atoms with Crippen molar-refractivity contribution in [3.8, 4) is 0 Å². The first-order chi connectivity index (χ1) is 12.5. The zero-order valence-corrected chi connectivity index (χ0v) is 16.0. The number of carbonyl (C=O) groups is 1. The zero-order chi connectivity index (χ0) is 18.5. The van der Waals surface area contributed by atoms with E-state index >= 15 is 0 Å². The van der Waals surface area contributed by atoms with E-state index in [-0.39, 0.29) is 6.03 Å². The second kappa shape index (κ2) is 8.47. The summed E-state index contributed by atoms with van der Waals surface area (Å²) in [7, 11) is 4.00. The van der Waals surface area contributed by atoms with Gasteiger partial charge in [0.15, 0.2) is 0 Å². The Morgan fingerprint density at radius 1 is 1.27 bits per heavy atom. The second-order valence-corrected chi connectivity index (χ2v) is 7.24. The van der Waals surface area contributed by atoms with E-state index < -0.39 is 0 Å². The summed E-state index contributed by atoms with van der Waals surface area (Å²) in [5.41, 5.74) is 1.13. The lowest BCUT2D eigenvalue weighted by Crippen LogP contribution is -2.52. The topological polar surface area (TPSA) is 51.7 Å². The Morgan fingerprint density at radius 2 is 2.04 bits per heavy atom. The first-order valence-corrected chi connectivity index (χ1v) is 9.28. The lowest BCUT2D eigenvalue weighted by molar-refractivity contribution is 0.117. The molecule has 1 fully saturated rings. The normalized spacial score (nSPS) is 17.2. The summed E-state index contributed by atoms with van der Waals surface area (Å²) in [4.78, 5) is 23.2. The molecular formula is C20H29N5O. The van der Waals surface area contributed by atoms with Gasteiger partial charge in [-0.05, 0) is 31.0 Å². The number of carbonyl (C=O) groups excluding carboxylic acids is 1. The Kier molecular flexibility index (Phi) is 6.06. The van der Waals surface area contributed by atoms with Gasteiger partial charge < -0.3 is 15.1 Å². The molecule has 3 rings (SSSR count). The number of nitrogens with one attached hydrogen (secondary N) is 1. The van der Waals surface area contributed by atoms with Crippen LogP contribution in [0.25, 0.3) is 10.8 Å². The lowest BCUT2D eigenvalue weighted by atomic mass is 10.1. The summed E-state index contributed by atoms with van der Waals surface area (Å²) in [6.07, 6.45) is 3.65. The maximum Gasteiger partial charge on any atom is 0.317 e. The molecule has 1 aromatic carbocycles. The van der Waals surface area contributed by atoms with Crippen molar-refractivity contribution in [1.82, 2.24) is 25.0 Å². The van der Waals surface area contributed by atoms with Gasteiger partial charge in [-0.1, -0.05) is 18.2 Å². The van der Waals surface area contributed by atoms with Gasteiger partial charge in [-0.15, -0.1) is 0 Å². The van der Waals surface area contributed by atoms with Crippen LogP contribution < -0.4 is 5.32 Å². The van der Waals surface area contributed by atoms with Crippen LogP contribution in [0, 0.1) is 0 Å². The third-order valence-corrected chi connectivity index (χ3v) is 5.24.